The van der Waals surface area contributed by atoms with Gasteiger partial charge in [-0.1, -0.05) is 6.07 Å². The van der Waals surface area contributed by atoms with Gasteiger partial charge >= 0.3 is 11.8 Å². The second-order valence-corrected chi connectivity index (χ2v) is 10.4. The zero-order valence-electron chi connectivity index (χ0n) is 23.6. The van der Waals surface area contributed by atoms with Crippen molar-refractivity contribution in [1.29, 1.82) is 5.26 Å². The number of nitrogens with zero attached hydrogens (tertiary/aromatic N) is 2. The molecule has 2 aromatic carbocycles. The first kappa shape index (κ1) is 32.4. The second kappa shape index (κ2) is 13.2. The highest BCUT2D eigenvalue weighted by Crippen LogP contribution is 2.43. The number of carbonyl (C=O) groups is 3. The molecule has 0 aliphatic carbocycles. The van der Waals surface area contributed by atoms with Gasteiger partial charge in [0, 0.05) is 6.07 Å². The van der Waals surface area contributed by atoms with Crippen LogP contribution in [0.3, 0.4) is 0 Å². The maximum absolute atomic E-state index is 13.4. The molecule has 16 heteroatoms. The molecule has 0 spiro atoms. The van der Waals surface area contributed by atoms with Crippen LogP contribution in [0, 0.1) is 21.4 Å². The molecule has 0 saturated heterocycles. The number of aromatic hydroxyl groups is 1. The molecule has 4 bridgehead atoms. The highest BCUT2D eigenvalue weighted by molar-refractivity contribution is 5.92. The van der Waals surface area contributed by atoms with Crippen LogP contribution in [0.5, 0.6) is 23.0 Å². The number of benzene rings is 2. The lowest BCUT2D eigenvalue weighted by molar-refractivity contribution is -0.385. The predicted molar refractivity (Wildman–Crippen MR) is 146 cm³/mol. The Morgan fingerprint density at radius 2 is 1.81 bits per heavy atom. The van der Waals surface area contributed by atoms with Crippen LogP contribution in [0.4, 0.5) is 10.5 Å². The standard InChI is InChI=1S/C27H31N5O11/c1-27(2,3)43-26(38)31-21-22(35)13-5-6-19(17(9-13)32(39)40)42-20-11-14(10-18(34)23(20)41-4)16(12-33)30-24(36)15(7-8-28)29-25(21)37/h5-6,9-11,15-16,21-22,33-35H,7,12H2,1-4H3,(H,29,37)(H,30,36)(H,31,38)/t15-,16+,21+,22+/m1/s1. The van der Waals surface area contributed by atoms with E-state index >= 15 is 0 Å². The van der Waals surface area contributed by atoms with Gasteiger partial charge in [-0.15, -0.1) is 0 Å². The van der Waals surface area contributed by atoms with E-state index in [0.717, 1.165) is 18.2 Å². The Hall–Kier alpha value is -5.14. The van der Waals surface area contributed by atoms with E-state index in [1.807, 2.05) is 0 Å². The van der Waals surface area contributed by atoms with Crippen molar-refractivity contribution < 1.29 is 48.8 Å². The van der Waals surface area contributed by atoms with Crippen LogP contribution in [0.2, 0.25) is 0 Å². The Morgan fingerprint density at radius 1 is 1.14 bits per heavy atom. The van der Waals surface area contributed by atoms with Crippen molar-refractivity contribution in [3.8, 4) is 29.1 Å². The molecule has 2 aliphatic heterocycles. The van der Waals surface area contributed by atoms with Crippen LogP contribution in [-0.4, -0.2) is 69.6 Å². The number of nitrogens with one attached hydrogen (secondary N) is 3. The van der Waals surface area contributed by atoms with Crippen LogP contribution in [-0.2, 0) is 14.3 Å². The summed E-state index contributed by atoms with van der Waals surface area (Å²) in [7, 11) is 1.21. The van der Waals surface area contributed by atoms with E-state index in [-0.39, 0.29) is 28.4 Å². The number of hydrogen-bond donors (Lipinski definition) is 6. The summed E-state index contributed by atoms with van der Waals surface area (Å²) in [5.74, 6) is -3.35. The number of aliphatic hydroxyl groups excluding tert-OH is 2. The number of nitro groups is 1. The highest BCUT2D eigenvalue weighted by Gasteiger charge is 2.36. The van der Waals surface area contributed by atoms with E-state index in [1.54, 1.807) is 26.8 Å². The van der Waals surface area contributed by atoms with Crippen molar-refractivity contribution in [2.75, 3.05) is 13.7 Å². The monoisotopic (exact) mass is 601 g/mol. The maximum atomic E-state index is 13.4. The maximum Gasteiger partial charge on any atom is 0.408 e. The van der Waals surface area contributed by atoms with Gasteiger partial charge in [0.1, 0.15) is 23.8 Å². The summed E-state index contributed by atoms with van der Waals surface area (Å²) in [4.78, 5) is 50.4. The first-order valence-corrected chi connectivity index (χ1v) is 12.8. The summed E-state index contributed by atoms with van der Waals surface area (Å²) in [6.07, 6.45) is -3.61. The minimum Gasteiger partial charge on any atom is -0.504 e. The topological polar surface area (TPSA) is 243 Å². The number of alkyl carbamates (subject to hydrolysis) is 1. The van der Waals surface area contributed by atoms with Crippen LogP contribution in [0.1, 0.15) is 50.5 Å². The largest absolute Gasteiger partial charge is 0.504 e. The molecule has 4 rings (SSSR count). The van der Waals surface area contributed by atoms with E-state index in [9.17, 15) is 45.1 Å². The van der Waals surface area contributed by atoms with Gasteiger partial charge in [0.25, 0.3) is 0 Å². The van der Waals surface area contributed by atoms with Gasteiger partial charge in [-0.05, 0) is 50.1 Å². The summed E-state index contributed by atoms with van der Waals surface area (Å²) >= 11 is 0. The Bertz CT molecular complexity index is 1450. The Morgan fingerprint density at radius 3 is 2.40 bits per heavy atom. The summed E-state index contributed by atoms with van der Waals surface area (Å²) in [6, 6.07) is 2.77. The van der Waals surface area contributed by atoms with Crippen molar-refractivity contribution in [1.82, 2.24) is 16.0 Å². The van der Waals surface area contributed by atoms with Gasteiger partial charge in [0.15, 0.2) is 11.5 Å². The number of ether oxygens (including phenoxy) is 3. The summed E-state index contributed by atoms with van der Waals surface area (Å²) in [5, 5.41) is 60.1. The lowest BCUT2D eigenvalue weighted by Crippen LogP contribution is -2.56. The molecular weight excluding hydrogens is 570 g/mol. The van der Waals surface area contributed by atoms with Crippen LogP contribution in [0.15, 0.2) is 30.3 Å². The van der Waals surface area contributed by atoms with Gasteiger partial charge in [0.2, 0.25) is 23.3 Å². The van der Waals surface area contributed by atoms with Crippen molar-refractivity contribution in [2.24, 2.45) is 0 Å². The van der Waals surface area contributed by atoms with Crippen LogP contribution < -0.4 is 25.4 Å². The van der Waals surface area contributed by atoms with Gasteiger partial charge in [-0.2, -0.15) is 5.26 Å². The number of fused-ring (bicyclic) bond motifs is 9. The molecule has 0 fully saturated rings. The molecule has 2 aromatic rings. The number of carbonyl (C=O) groups excluding carboxylic acids is 3. The van der Waals surface area contributed by atoms with E-state index in [0.29, 0.717) is 0 Å². The molecule has 43 heavy (non-hydrogen) atoms. The lowest BCUT2D eigenvalue weighted by atomic mass is 9.99. The summed E-state index contributed by atoms with van der Waals surface area (Å²) < 4.78 is 16.1. The molecule has 0 aromatic heterocycles. The van der Waals surface area contributed by atoms with Gasteiger partial charge in [-0.3, -0.25) is 19.7 Å². The number of phenolic OH excluding ortho intramolecular Hbond substituents is 1. The van der Waals surface area contributed by atoms with Crippen LogP contribution in [0.25, 0.3) is 0 Å². The fraction of sp³-hybridized carbons (Fsp3) is 0.407. The quantitative estimate of drug-likeness (QED) is 0.211. The number of rotatable bonds is 5. The molecule has 0 saturated carbocycles. The Kier molecular flexibility index (Phi) is 9.96. The van der Waals surface area contributed by atoms with Crippen LogP contribution >= 0.6 is 0 Å². The molecule has 0 radical (unpaired) electrons. The van der Waals surface area contributed by atoms with Gasteiger partial charge in [0.05, 0.1) is 37.2 Å². The summed E-state index contributed by atoms with van der Waals surface area (Å²) in [6.45, 7) is 3.94. The first-order valence-electron chi connectivity index (χ1n) is 12.8. The minimum absolute atomic E-state index is 0.0810. The second-order valence-electron chi connectivity index (χ2n) is 10.4. The van der Waals surface area contributed by atoms with E-state index in [1.165, 1.54) is 19.2 Å². The smallest absolute Gasteiger partial charge is 0.408 e. The van der Waals surface area contributed by atoms with Crippen molar-refractivity contribution in [3.63, 3.8) is 0 Å². The average Bonchev–Trinajstić information content (AvgIpc) is 2.92. The molecule has 0 unspecified atom stereocenters. The van der Waals surface area contributed by atoms with Crippen molar-refractivity contribution >= 4 is 23.6 Å². The molecule has 6 N–H and O–H groups in total. The zero-order valence-corrected chi connectivity index (χ0v) is 23.6. The molecule has 2 heterocycles. The number of methoxy groups -OCH3 is 1. The third-order valence-electron chi connectivity index (χ3n) is 6.10. The average molecular weight is 602 g/mol. The zero-order chi connectivity index (χ0) is 32.1. The fourth-order valence-electron chi connectivity index (χ4n) is 4.14. The Labute approximate surface area is 245 Å². The van der Waals surface area contributed by atoms with Gasteiger partial charge in [-0.25, -0.2) is 4.79 Å². The number of nitro benzene ring substituents is 1. The molecule has 16 nitrogen and oxygen atoms in total. The third kappa shape index (κ3) is 7.78. The molecule has 230 valence electrons. The first-order chi connectivity index (χ1) is 20.2. The van der Waals surface area contributed by atoms with Gasteiger partial charge < -0.3 is 45.5 Å². The lowest BCUT2D eigenvalue weighted by Gasteiger charge is -2.28. The Balaban J connectivity index is 2.23. The summed E-state index contributed by atoms with van der Waals surface area (Å²) in [5.41, 5.74) is -1.79. The minimum atomic E-state index is -1.92. The molecule has 3 amide bonds. The molecular formula is C27H31N5O11. The third-order valence-corrected chi connectivity index (χ3v) is 6.10. The van der Waals surface area contributed by atoms with Crippen molar-refractivity contribution in [2.45, 2.75) is 57.0 Å². The molecule has 4 atom stereocenters. The van der Waals surface area contributed by atoms with Crippen molar-refractivity contribution in [3.05, 3.63) is 51.6 Å². The highest BCUT2D eigenvalue weighted by atomic mass is 16.6. The number of phenols is 1. The number of amides is 3. The fourth-order valence-corrected chi connectivity index (χ4v) is 4.14. The number of hydrogen-bond acceptors (Lipinski definition) is 12. The van der Waals surface area contributed by atoms with E-state index < -0.39 is 77.1 Å². The normalized spacial score (nSPS) is 20.6. The SMILES string of the molecule is COc1c(O)cc2cc1Oc1ccc(cc1[N+](=O)[O-])[C@H](O)[C@H](NC(=O)OC(C)(C)C)C(=O)N[C@H](CC#N)C(=O)N[C@H]2CO. The van der Waals surface area contributed by atoms with E-state index in [4.69, 9.17) is 14.2 Å². The number of nitriles is 1. The predicted octanol–water partition coefficient (Wildman–Crippen LogP) is 1.59. The van der Waals surface area contributed by atoms with E-state index in [2.05, 4.69) is 16.0 Å². The number of aliphatic hydroxyl groups is 2. The molecule has 2 aliphatic rings.